The van der Waals surface area contributed by atoms with Gasteiger partial charge in [-0.15, -0.1) is 0 Å². The van der Waals surface area contributed by atoms with Gasteiger partial charge in [0, 0.05) is 5.69 Å². The van der Waals surface area contributed by atoms with Crippen LogP contribution in [0, 0.1) is 0 Å². The molecule has 1 heterocycles. The van der Waals surface area contributed by atoms with E-state index >= 15 is 0 Å². The maximum Gasteiger partial charge on any atom is 0.416 e. The molecule has 1 aromatic rings. The zero-order valence-electron chi connectivity index (χ0n) is 12.0. The number of hydrogen-bond acceptors (Lipinski definition) is 3. The normalized spacial score (nSPS) is 18.7. The second-order valence-corrected chi connectivity index (χ2v) is 5.61. The maximum atomic E-state index is 12.8. The van der Waals surface area contributed by atoms with Crippen molar-refractivity contribution in [2.75, 3.05) is 25.0 Å². The predicted molar refractivity (Wildman–Crippen MR) is 72.0 cm³/mol. The van der Waals surface area contributed by atoms with Crippen molar-refractivity contribution in [2.24, 2.45) is 0 Å². The Morgan fingerprint density at radius 3 is 1.83 bits per heavy atom. The van der Waals surface area contributed by atoms with Crippen LogP contribution in [0.15, 0.2) is 18.2 Å². The summed E-state index contributed by atoms with van der Waals surface area (Å²) in [5.41, 5.74) is -3.99. The highest BCUT2D eigenvalue weighted by Gasteiger charge is 2.38. The third kappa shape index (κ3) is 4.29. The molecule has 0 unspecified atom stereocenters. The minimum Gasteiger partial charge on any atom is -0.394 e. The van der Waals surface area contributed by atoms with Crippen LogP contribution in [0.2, 0.25) is 0 Å². The second kappa shape index (κ2) is 6.20. The van der Waals surface area contributed by atoms with Crippen molar-refractivity contribution in [1.29, 1.82) is 0 Å². The van der Waals surface area contributed by atoms with Gasteiger partial charge in [-0.25, -0.2) is 0 Å². The van der Waals surface area contributed by atoms with Crippen LogP contribution in [0.1, 0.15) is 24.0 Å². The Morgan fingerprint density at radius 2 is 1.43 bits per heavy atom. The molecule has 3 N–H and O–H groups in total. The Kier molecular flexibility index (Phi) is 4.81. The van der Waals surface area contributed by atoms with E-state index in [0.29, 0.717) is 38.1 Å². The summed E-state index contributed by atoms with van der Waals surface area (Å²) in [6, 6.07) is 1.35. The Morgan fingerprint density at radius 1 is 0.957 bits per heavy atom. The van der Waals surface area contributed by atoms with Crippen LogP contribution in [0.4, 0.5) is 32.0 Å². The average molecular weight is 342 g/mol. The molecule has 0 aliphatic carbocycles. The number of anilines is 1. The first kappa shape index (κ1) is 17.9. The van der Waals surface area contributed by atoms with Crippen LogP contribution in [-0.4, -0.2) is 30.3 Å². The molecule has 0 atom stereocenters. The van der Waals surface area contributed by atoms with E-state index in [2.05, 4.69) is 10.6 Å². The number of aliphatic hydroxyl groups excluding tert-OH is 1. The highest BCUT2D eigenvalue weighted by molar-refractivity contribution is 5.52. The zero-order valence-corrected chi connectivity index (χ0v) is 12.0. The number of piperidine rings is 1. The molecule has 2 rings (SSSR count). The second-order valence-electron chi connectivity index (χ2n) is 5.61. The fourth-order valence-electron chi connectivity index (χ4n) is 2.56. The zero-order chi connectivity index (χ0) is 17.3. The summed E-state index contributed by atoms with van der Waals surface area (Å²) in [5.74, 6) is 0. The minimum atomic E-state index is -4.89. The lowest BCUT2D eigenvalue weighted by molar-refractivity contribution is -0.143. The smallest absolute Gasteiger partial charge is 0.394 e. The molecule has 9 heteroatoms. The molecule has 130 valence electrons. The van der Waals surface area contributed by atoms with Gasteiger partial charge < -0.3 is 15.7 Å². The Bertz CT molecular complexity index is 517. The van der Waals surface area contributed by atoms with Crippen LogP contribution in [0.5, 0.6) is 0 Å². The quantitative estimate of drug-likeness (QED) is 0.739. The first-order valence-electron chi connectivity index (χ1n) is 6.95. The first-order valence-corrected chi connectivity index (χ1v) is 6.95. The molecule has 0 aromatic heterocycles. The molecule has 1 aromatic carbocycles. The summed E-state index contributed by atoms with van der Waals surface area (Å²) in [7, 11) is 0. The SMILES string of the molecule is OCC1(Nc2cc(C(F)(F)F)cc(C(F)(F)F)c2)CCNCC1. The standard InChI is InChI=1S/C14H16F6N2O/c15-13(16,17)9-5-10(14(18,19)20)7-11(6-9)22-12(8-23)1-3-21-4-2-12/h5-7,21-23H,1-4,8H2. The first-order chi connectivity index (χ1) is 10.6. The molecule has 0 radical (unpaired) electrons. The molecule has 3 nitrogen and oxygen atoms in total. The van der Waals surface area contributed by atoms with E-state index in [9.17, 15) is 31.4 Å². The monoisotopic (exact) mass is 342 g/mol. The topological polar surface area (TPSA) is 44.3 Å². The molecule has 0 spiro atoms. The number of halogens is 6. The van der Waals surface area contributed by atoms with Crippen molar-refractivity contribution >= 4 is 5.69 Å². The number of rotatable bonds is 3. The summed E-state index contributed by atoms with van der Waals surface area (Å²) in [4.78, 5) is 0. The molecule has 1 fully saturated rings. The fraction of sp³-hybridized carbons (Fsp3) is 0.571. The van der Waals surface area contributed by atoms with Gasteiger partial charge in [0.15, 0.2) is 0 Å². The number of hydrogen-bond donors (Lipinski definition) is 3. The van der Waals surface area contributed by atoms with Gasteiger partial charge in [0.25, 0.3) is 0 Å². The van der Waals surface area contributed by atoms with Crippen LogP contribution in [0.3, 0.4) is 0 Å². The van der Waals surface area contributed by atoms with E-state index < -0.39 is 29.0 Å². The third-order valence-corrected chi connectivity index (χ3v) is 3.86. The van der Waals surface area contributed by atoms with Gasteiger partial charge in [0.1, 0.15) is 0 Å². The highest BCUT2D eigenvalue weighted by atomic mass is 19.4. The summed E-state index contributed by atoms with van der Waals surface area (Å²) < 4.78 is 77.0. The fourth-order valence-corrected chi connectivity index (χ4v) is 2.56. The van der Waals surface area contributed by atoms with Gasteiger partial charge in [-0.1, -0.05) is 0 Å². The van der Waals surface area contributed by atoms with E-state index in [1.54, 1.807) is 0 Å². The van der Waals surface area contributed by atoms with Crippen LogP contribution in [0.25, 0.3) is 0 Å². The van der Waals surface area contributed by atoms with Crippen molar-refractivity contribution in [3.63, 3.8) is 0 Å². The van der Waals surface area contributed by atoms with Gasteiger partial charge in [0.2, 0.25) is 0 Å². The van der Waals surface area contributed by atoms with E-state index in [1.165, 1.54) is 0 Å². The summed E-state index contributed by atoms with van der Waals surface area (Å²) in [5, 5.41) is 15.2. The molecule has 1 aliphatic rings. The Hall–Kier alpha value is -1.48. The lowest BCUT2D eigenvalue weighted by Gasteiger charge is -2.38. The third-order valence-electron chi connectivity index (χ3n) is 3.86. The van der Waals surface area contributed by atoms with Gasteiger partial charge in [0.05, 0.1) is 23.3 Å². The van der Waals surface area contributed by atoms with E-state index in [1.807, 2.05) is 0 Å². The maximum absolute atomic E-state index is 12.8. The van der Waals surface area contributed by atoms with Crippen molar-refractivity contribution in [1.82, 2.24) is 5.32 Å². The Balaban J connectivity index is 2.40. The van der Waals surface area contributed by atoms with Gasteiger partial charge in [-0.2, -0.15) is 26.3 Å². The molecule has 0 saturated carbocycles. The molecule has 1 aliphatic heterocycles. The number of aliphatic hydroxyl groups is 1. The van der Waals surface area contributed by atoms with Gasteiger partial charge >= 0.3 is 12.4 Å². The van der Waals surface area contributed by atoms with Crippen molar-refractivity contribution < 1.29 is 31.4 Å². The molecular weight excluding hydrogens is 326 g/mol. The van der Waals surface area contributed by atoms with Crippen LogP contribution in [-0.2, 0) is 12.4 Å². The van der Waals surface area contributed by atoms with Crippen LogP contribution < -0.4 is 10.6 Å². The number of benzene rings is 1. The highest BCUT2D eigenvalue weighted by Crippen LogP contribution is 2.38. The lowest BCUT2D eigenvalue weighted by Crippen LogP contribution is -2.50. The number of alkyl halides is 6. The van der Waals surface area contributed by atoms with Crippen molar-refractivity contribution in [3.8, 4) is 0 Å². The lowest BCUT2D eigenvalue weighted by atomic mass is 9.88. The molecule has 1 saturated heterocycles. The minimum absolute atomic E-state index is 0.0826. The summed E-state index contributed by atoms with van der Waals surface area (Å²) in [6.45, 7) is 0.642. The molecule has 23 heavy (non-hydrogen) atoms. The predicted octanol–water partition coefficient (Wildman–Crippen LogP) is 3.25. The Labute approximate surface area is 128 Å². The van der Waals surface area contributed by atoms with Crippen molar-refractivity contribution in [3.05, 3.63) is 29.3 Å². The van der Waals surface area contributed by atoms with E-state index in [4.69, 9.17) is 0 Å². The molecule has 0 bridgehead atoms. The summed E-state index contributed by atoms with van der Waals surface area (Å²) >= 11 is 0. The van der Waals surface area contributed by atoms with Crippen molar-refractivity contribution in [2.45, 2.75) is 30.7 Å². The summed E-state index contributed by atoms with van der Waals surface area (Å²) in [6.07, 6.45) is -9.00. The average Bonchev–Trinajstić information content (AvgIpc) is 2.46. The number of nitrogens with one attached hydrogen (secondary N) is 2. The van der Waals surface area contributed by atoms with E-state index in [-0.39, 0.29) is 18.4 Å². The van der Waals surface area contributed by atoms with Crippen LogP contribution >= 0.6 is 0 Å². The molecule has 0 amide bonds. The van der Waals surface area contributed by atoms with Gasteiger partial charge in [-0.05, 0) is 44.1 Å². The van der Waals surface area contributed by atoms with Gasteiger partial charge in [-0.3, -0.25) is 0 Å². The van der Waals surface area contributed by atoms with E-state index in [0.717, 1.165) is 0 Å². The largest absolute Gasteiger partial charge is 0.416 e. The molecular formula is C14H16F6N2O.